The number of hydrogen-bond acceptors (Lipinski definition) is 2. The van der Waals surface area contributed by atoms with E-state index in [-0.39, 0.29) is 0 Å². The minimum absolute atomic E-state index is 0.873. The van der Waals surface area contributed by atoms with Crippen LogP contribution in [0.5, 0.6) is 5.75 Å². The van der Waals surface area contributed by atoms with Crippen molar-refractivity contribution in [3.05, 3.63) is 42.0 Å². The molecule has 0 bridgehead atoms. The fraction of sp³-hybridized carbons (Fsp3) is 0.474. The average molecular weight is 285 g/mol. The summed E-state index contributed by atoms with van der Waals surface area (Å²) in [6, 6.07) is 12.7. The minimum Gasteiger partial charge on any atom is -0.496 e. The van der Waals surface area contributed by atoms with Gasteiger partial charge in [-0.1, -0.05) is 62.9 Å². The Kier molecular flexibility index (Phi) is 6.55. The standard InChI is InChI=1S/C19H27NO/c1-3-4-5-6-9-14-20-15-18-17-11-8-7-10-16(17)12-13-19(18)21-2/h7-8,10-13,20H,3-6,9,14-15H2,1-2H3. The van der Waals surface area contributed by atoms with E-state index in [4.69, 9.17) is 4.74 Å². The molecular formula is C19H27NO. The molecule has 0 atom stereocenters. The van der Waals surface area contributed by atoms with Crippen molar-refractivity contribution in [3.63, 3.8) is 0 Å². The second-order valence-electron chi connectivity index (χ2n) is 5.56. The van der Waals surface area contributed by atoms with Crippen molar-refractivity contribution in [3.8, 4) is 5.75 Å². The zero-order valence-electron chi connectivity index (χ0n) is 13.3. The minimum atomic E-state index is 0.873. The zero-order valence-corrected chi connectivity index (χ0v) is 13.3. The highest BCUT2D eigenvalue weighted by molar-refractivity contribution is 5.87. The van der Waals surface area contributed by atoms with E-state index < -0.39 is 0 Å². The van der Waals surface area contributed by atoms with Gasteiger partial charge in [-0.05, 0) is 29.8 Å². The molecule has 2 heteroatoms. The van der Waals surface area contributed by atoms with E-state index in [1.807, 2.05) is 0 Å². The molecule has 2 aromatic carbocycles. The van der Waals surface area contributed by atoms with Crippen molar-refractivity contribution in [2.24, 2.45) is 0 Å². The van der Waals surface area contributed by atoms with Gasteiger partial charge >= 0.3 is 0 Å². The molecule has 0 amide bonds. The van der Waals surface area contributed by atoms with E-state index in [0.29, 0.717) is 0 Å². The third kappa shape index (κ3) is 4.47. The molecule has 21 heavy (non-hydrogen) atoms. The van der Waals surface area contributed by atoms with Gasteiger partial charge in [-0.25, -0.2) is 0 Å². The molecular weight excluding hydrogens is 258 g/mol. The first-order chi connectivity index (χ1) is 10.4. The molecule has 0 radical (unpaired) electrons. The van der Waals surface area contributed by atoms with E-state index in [1.165, 1.54) is 48.4 Å². The summed E-state index contributed by atoms with van der Waals surface area (Å²) in [6.07, 6.45) is 6.61. The van der Waals surface area contributed by atoms with Gasteiger partial charge in [0.1, 0.15) is 5.75 Å². The predicted molar refractivity (Wildman–Crippen MR) is 91.0 cm³/mol. The van der Waals surface area contributed by atoms with Gasteiger partial charge in [0.15, 0.2) is 0 Å². The van der Waals surface area contributed by atoms with Crippen LogP contribution in [0.4, 0.5) is 0 Å². The molecule has 114 valence electrons. The van der Waals surface area contributed by atoms with Crippen molar-refractivity contribution in [1.82, 2.24) is 5.32 Å². The number of fused-ring (bicyclic) bond motifs is 1. The van der Waals surface area contributed by atoms with E-state index in [0.717, 1.165) is 18.8 Å². The monoisotopic (exact) mass is 285 g/mol. The Labute approximate surface area is 128 Å². The summed E-state index contributed by atoms with van der Waals surface area (Å²) in [6.45, 7) is 4.21. The molecule has 0 spiro atoms. The number of unbranched alkanes of at least 4 members (excludes halogenated alkanes) is 4. The molecule has 0 heterocycles. The SMILES string of the molecule is CCCCCCCNCc1c(OC)ccc2ccccc12. The molecule has 0 aliphatic carbocycles. The summed E-state index contributed by atoms with van der Waals surface area (Å²) in [5.74, 6) is 0.979. The van der Waals surface area contributed by atoms with Crippen LogP contribution in [0.25, 0.3) is 10.8 Å². The lowest BCUT2D eigenvalue weighted by molar-refractivity contribution is 0.408. The summed E-state index contributed by atoms with van der Waals surface area (Å²) >= 11 is 0. The smallest absolute Gasteiger partial charge is 0.123 e. The molecule has 2 nitrogen and oxygen atoms in total. The van der Waals surface area contributed by atoms with Crippen LogP contribution in [0.2, 0.25) is 0 Å². The second-order valence-corrected chi connectivity index (χ2v) is 5.56. The highest BCUT2D eigenvalue weighted by atomic mass is 16.5. The molecule has 0 fully saturated rings. The van der Waals surface area contributed by atoms with E-state index in [9.17, 15) is 0 Å². The molecule has 0 unspecified atom stereocenters. The first kappa shape index (κ1) is 15.8. The van der Waals surface area contributed by atoms with Gasteiger partial charge in [0, 0.05) is 12.1 Å². The van der Waals surface area contributed by atoms with E-state index in [1.54, 1.807) is 7.11 Å². The Morgan fingerprint density at radius 1 is 0.952 bits per heavy atom. The lowest BCUT2D eigenvalue weighted by atomic mass is 10.0. The highest BCUT2D eigenvalue weighted by Gasteiger charge is 2.07. The third-order valence-electron chi connectivity index (χ3n) is 3.98. The van der Waals surface area contributed by atoms with Crippen molar-refractivity contribution >= 4 is 10.8 Å². The molecule has 0 aromatic heterocycles. The lowest BCUT2D eigenvalue weighted by Crippen LogP contribution is -2.15. The topological polar surface area (TPSA) is 21.3 Å². The molecule has 0 saturated carbocycles. The largest absolute Gasteiger partial charge is 0.496 e. The summed E-state index contributed by atoms with van der Waals surface area (Å²) in [5, 5.41) is 6.13. The van der Waals surface area contributed by atoms with Crippen molar-refractivity contribution in [1.29, 1.82) is 0 Å². The Morgan fingerprint density at radius 2 is 1.76 bits per heavy atom. The van der Waals surface area contributed by atoms with Crippen molar-refractivity contribution in [2.75, 3.05) is 13.7 Å². The van der Waals surface area contributed by atoms with Gasteiger partial charge in [0.25, 0.3) is 0 Å². The first-order valence-corrected chi connectivity index (χ1v) is 8.12. The fourth-order valence-corrected chi connectivity index (χ4v) is 2.76. The third-order valence-corrected chi connectivity index (χ3v) is 3.98. The molecule has 0 aliphatic rings. The number of methoxy groups -OCH3 is 1. The Morgan fingerprint density at radius 3 is 2.57 bits per heavy atom. The van der Waals surface area contributed by atoms with Gasteiger partial charge in [-0.15, -0.1) is 0 Å². The Bertz CT molecular complexity index is 550. The number of nitrogens with one attached hydrogen (secondary N) is 1. The van der Waals surface area contributed by atoms with Crippen LogP contribution in [-0.2, 0) is 6.54 Å². The van der Waals surface area contributed by atoms with Crippen LogP contribution >= 0.6 is 0 Å². The first-order valence-electron chi connectivity index (χ1n) is 8.12. The number of ether oxygens (including phenoxy) is 1. The quantitative estimate of drug-likeness (QED) is 0.661. The number of rotatable bonds is 9. The predicted octanol–water partition coefficient (Wildman–Crippen LogP) is 4.91. The summed E-state index contributed by atoms with van der Waals surface area (Å²) in [5.41, 5.74) is 1.27. The van der Waals surface area contributed by atoms with Crippen molar-refractivity contribution < 1.29 is 4.74 Å². The van der Waals surface area contributed by atoms with E-state index in [2.05, 4.69) is 48.6 Å². The molecule has 2 aromatic rings. The van der Waals surface area contributed by atoms with Crippen LogP contribution < -0.4 is 10.1 Å². The molecule has 2 rings (SSSR count). The van der Waals surface area contributed by atoms with Crippen molar-refractivity contribution in [2.45, 2.75) is 45.6 Å². The van der Waals surface area contributed by atoms with Gasteiger partial charge in [0.05, 0.1) is 7.11 Å². The number of benzene rings is 2. The average Bonchev–Trinajstić information content (AvgIpc) is 2.54. The normalized spacial score (nSPS) is 11.0. The molecule has 0 aliphatic heterocycles. The van der Waals surface area contributed by atoms with Gasteiger partial charge in [-0.2, -0.15) is 0 Å². The maximum absolute atomic E-state index is 5.52. The van der Waals surface area contributed by atoms with Crippen LogP contribution in [0, 0.1) is 0 Å². The Balaban J connectivity index is 1.94. The summed E-state index contributed by atoms with van der Waals surface area (Å²) in [4.78, 5) is 0. The summed E-state index contributed by atoms with van der Waals surface area (Å²) in [7, 11) is 1.75. The van der Waals surface area contributed by atoms with Crippen LogP contribution in [0.15, 0.2) is 36.4 Å². The number of hydrogen-bond donors (Lipinski definition) is 1. The molecule has 1 N–H and O–H groups in total. The van der Waals surface area contributed by atoms with Gasteiger partial charge in [-0.3, -0.25) is 0 Å². The Hall–Kier alpha value is -1.54. The highest BCUT2D eigenvalue weighted by Crippen LogP contribution is 2.27. The molecule has 0 saturated heterocycles. The second kappa shape index (κ2) is 8.68. The van der Waals surface area contributed by atoms with Gasteiger partial charge in [0.2, 0.25) is 0 Å². The zero-order chi connectivity index (χ0) is 14.9. The maximum atomic E-state index is 5.52. The van der Waals surface area contributed by atoms with Gasteiger partial charge < -0.3 is 10.1 Å². The van der Waals surface area contributed by atoms with Crippen LogP contribution in [-0.4, -0.2) is 13.7 Å². The lowest BCUT2D eigenvalue weighted by Gasteiger charge is -2.13. The summed E-state index contributed by atoms with van der Waals surface area (Å²) < 4.78 is 5.52. The van der Waals surface area contributed by atoms with Crippen LogP contribution in [0.1, 0.15) is 44.6 Å². The van der Waals surface area contributed by atoms with E-state index >= 15 is 0 Å². The van der Waals surface area contributed by atoms with Crippen LogP contribution in [0.3, 0.4) is 0 Å². The maximum Gasteiger partial charge on any atom is 0.123 e. The fourth-order valence-electron chi connectivity index (χ4n) is 2.76.